The first-order valence-corrected chi connectivity index (χ1v) is 21.9. The van der Waals surface area contributed by atoms with Gasteiger partial charge in [0.2, 0.25) is 23.6 Å². The normalized spacial score (nSPS) is 20.3. The maximum absolute atomic E-state index is 14.2. The van der Waals surface area contributed by atoms with E-state index in [1.165, 1.54) is 0 Å². The summed E-state index contributed by atoms with van der Waals surface area (Å²) in [5.41, 5.74) is 10.4. The number of likely N-dealkylation sites (tertiary alicyclic amines) is 1. The van der Waals surface area contributed by atoms with E-state index in [1.807, 2.05) is 45.3 Å². The number of hydrogen-bond donors (Lipinski definition) is 6. The molecule has 2 aromatic carbocycles. The number of aliphatic hydroxyl groups is 1. The molecule has 1 unspecified atom stereocenters. The van der Waals surface area contributed by atoms with Crippen LogP contribution in [0, 0.1) is 12.3 Å². The molecule has 61 heavy (non-hydrogen) atoms. The monoisotopic (exact) mass is 861 g/mol. The minimum atomic E-state index is -1.05. The number of rotatable bonds is 18. The first kappa shape index (κ1) is 47.2. The summed E-state index contributed by atoms with van der Waals surface area (Å²) in [6.07, 6.45) is 0.299. The van der Waals surface area contributed by atoms with E-state index in [0.717, 1.165) is 27.3 Å². The number of nitrogens with two attached hydrogens (primary N) is 1. The zero-order valence-corrected chi connectivity index (χ0v) is 37.4. The van der Waals surface area contributed by atoms with Crippen molar-refractivity contribution in [2.45, 2.75) is 149 Å². The molecule has 7 atom stereocenters. The van der Waals surface area contributed by atoms with Crippen molar-refractivity contribution in [2.75, 3.05) is 11.9 Å². The van der Waals surface area contributed by atoms with Crippen molar-refractivity contribution in [1.29, 1.82) is 0 Å². The lowest BCUT2D eigenvalue weighted by atomic mass is 9.85. The average Bonchev–Trinajstić information content (AvgIpc) is 3.60. The summed E-state index contributed by atoms with van der Waals surface area (Å²) in [5.74, 6) is -1.60. The van der Waals surface area contributed by atoms with Crippen molar-refractivity contribution in [3.05, 3.63) is 70.9 Å². The molecule has 2 aliphatic heterocycles. The second-order valence-electron chi connectivity index (χ2n) is 18.2. The van der Waals surface area contributed by atoms with Crippen LogP contribution in [0.25, 0.3) is 10.4 Å². The largest absolute Gasteiger partial charge is 0.444 e. The van der Waals surface area contributed by atoms with Crippen LogP contribution in [0.1, 0.15) is 110 Å². The van der Waals surface area contributed by atoms with Gasteiger partial charge in [-0.3, -0.25) is 24.5 Å². The highest BCUT2D eigenvalue weighted by atomic mass is 32.1. The second kappa shape index (κ2) is 20.3. The molecule has 0 saturated carbocycles. The van der Waals surface area contributed by atoms with Gasteiger partial charge in [0.1, 0.15) is 30.0 Å². The number of thiazole rings is 1. The molecule has 1 aromatic heterocycles. The molecule has 0 radical (unpaired) electrons. The number of amides is 5. The molecule has 2 saturated heterocycles. The Morgan fingerprint density at radius 2 is 1.74 bits per heavy atom. The van der Waals surface area contributed by atoms with E-state index >= 15 is 0 Å². The molecular formula is C45H63N7O8S. The third kappa shape index (κ3) is 13.8. The van der Waals surface area contributed by atoms with E-state index in [4.69, 9.17) is 15.2 Å². The predicted molar refractivity (Wildman–Crippen MR) is 234 cm³/mol. The van der Waals surface area contributed by atoms with E-state index in [-0.39, 0.29) is 62.0 Å². The highest BCUT2D eigenvalue weighted by Gasteiger charge is 2.53. The fraction of sp³-hybridized carbons (Fsp3) is 0.556. The van der Waals surface area contributed by atoms with Gasteiger partial charge in [-0.15, -0.1) is 11.3 Å². The molecule has 332 valence electrons. The Morgan fingerprint density at radius 1 is 1.02 bits per heavy atom. The van der Waals surface area contributed by atoms with Gasteiger partial charge < -0.3 is 41.2 Å². The Bertz CT molecular complexity index is 2010. The highest BCUT2D eigenvalue weighted by Crippen LogP contribution is 2.37. The van der Waals surface area contributed by atoms with Gasteiger partial charge >= 0.3 is 6.09 Å². The molecule has 2 fully saturated rings. The van der Waals surface area contributed by atoms with Crippen LogP contribution in [0.5, 0.6) is 0 Å². The summed E-state index contributed by atoms with van der Waals surface area (Å²) in [7, 11) is 0. The summed E-state index contributed by atoms with van der Waals surface area (Å²) in [5, 5.41) is 22.6. The van der Waals surface area contributed by atoms with Crippen molar-refractivity contribution in [3.63, 3.8) is 0 Å². The lowest BCUT2D eigenvalue weighted by molar-refractivity contribution is -0.140. The number of hydrogen-bond acceptors (Lipinski definition) is 11. The number of nitrogens with zero attached hydrogens (tertiary/aromatic N) is 2. The van der Waals surface area contributed by atoms with Crippen molar-refractivity contribution in [3.8, 4) is 10.4 Å². The molecule has 3 heterocycles. The van der Waals surface area contributed by atoms with Crippen molar-refractivity contribution >= 4 is 46.7 Å². The topological polar surface area (TPSA) is 218 Å². The van der Waals surface area contributed by atoms with Gasteiger partial charge in [0.15, 0.2) is 0 Å². The van der Waals surface area contributed by atoms with Crippen molar-refractivity contribution in [1.82, 2.24) is 25.8 Å². The number of aromatic nitrogens is 1. The number of carbonyl (C=O) groups excluding carboxylic acids is 5. The summed E-state index contributed by atoms with van der Waals surface area (Å²) >= 11 is 1.62. The van der Waals surface area contributed by atoms with E-state index in [2.05, 4.69) is 57.4 Å². The Hall–Kier alpha value is -4.90. The third-order valence-corrected chi connectivity index (χ3v) is 11.7. The van der Waals surface area contributed by atoms with Gasteiger partial charge in [0, 0.05) is 31.1 Å². The molecule has 15 nitrogen and oxygen atoms in total. The van der Waals surface area contributed by atoms with Crippen LogP contribution in [-0.2, 0) is 35.1 Å². The highest BCUT2D eigenvalue weighted by molar-refractivity contribution is 7.13. The number of carbonyl (C=O) groups is 5. The number of aliphatic hydroxyl groups excluding tert-OH is 1. The molecule has 0 bridgehead atoms. The molecule has 0 spiro atoms. The van der Waals surface area contributed by atoms with Crippen molar-refractivity contribution < 1.29 is 38.6 Å². The standard InChI is InChI=1S/C45H63N7O8S/c1-26(29-16-18-30(19-17-29)38-27(2)47-25-61-38)48-41-37(59-41)34-23-32(53)24-52(34)42(57)39(44(3,4)5)51-36(55)15-10-9-12-28-13-11-14-31(22-28)49-40(56)33(20-21-35(46)54)50-43(58)60-45(6,7)8/h11,13-14,16-19,22,25-26,32-34,37,39,41,48,53H,9-10,12,15,20-21,23-24H2,1-8H3,(H2,46,54)(H,49,56)(H,50,58)(H,51,55)/t26-,32+,33-,34-,37+,39+,41?/m0/s1. The first-order valence-electron chi connectivity index (χ1n) is 21.1. The number of anilines is 1. The SMILES string of the molecule is Cc1ncsc1-c1ccc([C@H](C)NC2O[C@@H]2[C@@H]2C[C@@H](O)CN2C(=O)[C@@H](NC(=O)CCCCc2cccc(NC(=O)[C@H](CCC(N)=O)NC(=O)OC(C)(C)C)c2)C(C)(C)C)cc1. The van der Waals surface area contributed by atoms with E-state index in [1.54, 1.807) is 49.1 Å². The van der Waals surface area contributed by atoms with Gasteiger partial charge in [-0.25, -0.2) is 9.78 Å². The third-order valence-electron chi connectivity index (χ3n) is 10.8. The molecule has 5 amide bonds. The van der Waals surface area contributed by atoms with Crippen LogP contribution in [0.3, 0.4) is 0 Å². The Labute approximate surface area is 362 Å². The lowest BCUT2D eigenvalue weighted by Crippen LogP contribution is -2.56. The quantitative estimate of drug-likeness (QED) is 0.0698. The van der Waals surface area contributed by atoms with Gasteiger partial charge in [-0.05, 0) is 101 Å². The van der Waals surface area contributed by atoms with Gasteiger partial charge in [-0.1, -0.05) is 57.2 Å². The zero-order valence-electron chi connectivity index (χ0n) is 36.6. The van der Waals surface area contributed by atoms with Gasteiger partial charge in [0.05, 0.1) is 28.2 Å². The molecule has 2 aliphatic rings. The van der Waals surface area contributed by atoms with E-state index in [0.29, 0.717) is 31.4 Å². The molecule has 0 aliphatic carbocycles. The number of epoxide rings is 1. The maximum atomic E-state index is 14.2. The minimum absolute atomic E-state index is 0.00217. The summed E-state index contributed by atoms with van der Waals surface area (Å²) in [6, 6.07) is 13.4. The van der Waals surface area contributed by atoms with Crippen LogP contribution in [0.15, 0.2) is 54.0 Å². The lowest BCUT2D eigenvalue weighted by Gasteiger charge is -2.35. The van der Waals surface area contributed by atoms with Crippen LogP contribution < -0.4 is 27.0 Å². The number of β-amino-alcohol motifs (C(OH)–C–C–N with tert-alkyl or cyclic N) is 1. The number of alkyl carbamates (subject to hydrolysis) is 1. The Balaban J connectivity index is 1.10. The number of aryl methyl sites for hydroxylation is 2. The number of unbranched alkanes of at least 4 members (excludes halogenated alkanes) is 1. The number of primary amides is 1. The van der Waals surface area contributed by atoms with Gasteiger partial charge in [0.25, 0.3) is 0 Å². The minimum Gasteiger partial charge on any atom is -0.444 e. The number of benzene rings is 2. The maximum Gasteiger partial charge on any atom is 0.408 e. The summed E-state index contributed by atoms with van der Waals surface area (Å²) in [6.45, 7) is 15.1. The summed E-state index contributed by atoms with van der Waals surface area (Å²) < 4.78 is 11.4. The number of ether oxygens (including phenoxy) is 2. The van der Waals surface area contributed by atoms with Crippen LogP contribution in [0.2, 0.25) is 0 Å². The first-order chi connectivity index (χ1) is 28.7. The van der Waals surface area contributed by atoms with Crippen LogP contribution in [0.4, 0.5) is 10.5 Å². The molecule has 3 aromatic rings. The van der Waals surface area contributed by atoms with Crippen LogP contribution >= 0.6 is 11.3 Å². The smallest absolute Gasteiger partial charge is 0.408 e. The average molecular weight is 862 g/mol. The van der Waals surface area contributed by atoms with Gasteiger partial charge in [-0.2, -0.15) is 0 Å². The zero-order chi connectivity index (χ0) is 44.6. The Morgan fingerprint density at radius 3 is 2.38 bits per heavy atom. The molecule has 16 heteroatoms. The molecular weight excluding hydrogens is 799 g/mol. The van der Waals surface area contributed by atoms with Crippen molar-refractivity contribution in [2.24, 2.45) is 11.1 Å². The van der Waals surface area contributed by atoms with Crippen LogP contribution in [-0.4, -0.2) is 93.4 Å². The van der Waals surface area contributed by atoms with E-state index in [9.17, 15) is 29.1 Å². The molecule has 5 rings (SSSR count). The fourth-order valence-corrected chi connectivity index (χ4v) is 8.32. The predicted octanol–water partition coefficient (Wildman–Crippen LogP) is 5.50. The fourth-order valence-electron chi connectivity index (χ4n) is 7.50. The Kier molecular flexibility index (Phi) is 15.7. The summed E-state index contributed by atoms with van der Waals surface area (Å²) in [4.78, 5) is 71.7. The van der Waals surface area contributed by atoms with E-state index < -0.39 is 47.1 Å². The second-order valence-corrected chi connectivity index (χ2v) is 19.1. The number of nitrogens with one attached hydrogen (secondary N) is 4. The molecule has 7 N–H and O–H groups in total.